The fourth-order valence-corrected chi connectivity index (χ4v) is 8.84. The topological polar surface area (TPSA) is 231 Å². The van der Waals surface area contributed by atoms with E-state index in [-0.39, 0.29) is 26.1 Å². The molecule has 7 N–H and O–H groups in total. The van der Waals surface area contributed by atoms with Gasteiger partial charge in [-0.05, 0) is 44.9 Å². The lowest BCUT2D eigenvalue weighted by atomic mass is 9.98. The third-order valence-electron chi connectivity index (χ3n) is 13.4. The van der Waals surface area contributed by atoms with E-state index in [2.05, 4.69) is 38.2 Å². The zero-order valence-corrected chi connectivity index (χ0v) is 43.5. The molecule has 2 heterocycles. The summed E-state index contributed by atoms with van der Waals surface area (Å²) in [6.45, 7) is 2.58. The Bertz CT molecular complexity index is 1310. The molecule has 2 fully saturated rings. The van der Waals surface area contributed by atoms with Gasteiger partial charge in [0.2, 0.25) is 0 Å². The number of carbonyl (C=O) groups excluding carboxylic acids is 2. The van der Waals surface area contributed by atoms with Gasteiger partial charge in [-0.1, -0.05) is 186 Å². The van der Waals surface area contributed by atoms with Crippen molar-refractivity contribution in [2.45, 2.75) is 287 Å². The Morgan fingerprint density at radius 2 is 0.857 bits per heavy atom. The molecule has 2 saturated heterocycles. The highest BCUT2D eigenvalue weighted by molar-refractivity contribution is 5.70. The highest BCUT2D eigenvalue weighted by atomic mass is 16.7. The van der Waals surface area contributed by atoms with Gasteiger partial charge in [0, 0.05) is 12.8 Å². The SMILES string of the molecule is CCCCC/C=C/C/C=C/CCCCCCCC(=O)OC[C@H](CO[C@H]1O[C@@H](CO[C@H]2O[C@@H](CO)[C@@H](O)C(O)C2O)[C@@H](O)C(O)C1O)OC(=O)CCCCCCCCCCCCCCCCCCCCC. The Hall–Kier alpha value is -2.02. The first-order valence-corrected chi connectivity index (χ1v) is 27.9. The van der Waals surface area contributed by atoms with Crippen molar-refractivity contribution in [1.82, 2.24) is 0 Å². The lowest BCUT2D eigenvalue weighted by Gasteiger charge is -2.42. The Morgan fingerprint density at radius 1 is 0.457 bits per heavy atom. The molecule has 15 nitrogen and oxygen atoms in total. The molecule has 70 heavy (non-hydrogen) atoms. The van der Waals surface area contributed by atoms with E-state index in [0.717, 1.165) is 64.2 Å². The summed E-state index contributed by atoms with van der Waals surface area (Å²) in [7, 11) is 0. The number of carbonyl (C=O) groups is 2. The quantitative estimate of drug-likeness (QED) is 0.0172. The maximum atomic E-state index is 13.0. The molecule has 0 aromatic carbocycles. The van der Waals surface area contributed by atoms with Crippen LogP contribution in [0.1, 0.15) is 219 Å². The zero-order valence-electron chi connectivity index (χ0n) is 43.5. The number of hydrogen-bond acceptors (Lipinski definition) is 15. The van der Waals surface area contributed by atoms with Crippen molar-refractivity contribution in [2.24, 2.45) is 0 Å². The number of aliphatic hydroxyl groups is 7. The third-order valence-corrected chi connectivity index (χ3v) is 13.4. The maximum absolute atomic E-state index is 13.0. The Kier molecular flexibility index (Phi) is 38.8. The molecular formula is C55H100O15. The van der Waals surface area contributed by atoms with E-state index in [1.165, 1.54) is 116 Å². The van der Waals surface area contributed by atoms with Crippen molar-refractivity contribution in [3.63, 3.8) is 0 Å². The number of ether oxygens (including phenoxy) is 6. The summed E-state index contributed by atoms with van der Waals surface area (Å²) in [6, 6.07) is 0. The highest BCUT2D eigenvalue weighted by Gasteiger charge is 2.47. The third kappa shape index (κ3) is 29.6. The number of rotatable bonds is 44. The van der Waals surface area contributed by atoms with Crippen LogP contribution >= 0.6 is 0 Å². The maximum Gasteiger partial charge on any atom is 0.306 e. The molecule has 410 valence electrons. The number of unbranched alkanes of at least 4 members (excludes halogenated alkanes) is 26. The normalized spacial score (nSPS) is 25.5. The molecule has 2 aliphatic heterocycles. The van der Waals surface area contributed by atoms with Crippen LogP contribution in [0.5, 0.6) is 0 Å². The average molecular weight is 1000 g/mol. The Labute approximate surface area is 422 Å². The summed E-state index contributed by atoms with van der Waals surface area (Å²) >= 11 is 0. The fourth-order valence-electron chi connectivity index (χ4n) is 8.84. The molecule has 0 aromatic heterocycles. The molecule has 11 atom stereocenters. The average Bonchev–Trinajstić information content (AvgIpc) is 3.35. The molecule has 0 amide bonds. The molecule has 0 radical (unpaired) electrons. The molecule has 0 aliphatic carbocycles. The van der Waals surface area contributed by atoms with Crippen molar-refractivity contribution in [3.8, 4) is 0 Å². The number of esters is 2. The summed E-state index contributed by atoms with van der Waals surface area (Å²) in [6.07, 6.45) is 27.7. The zero-order chi connectivity index (χ0) is 51.0. The molecular weight excluding hydrogens is 901 g/mol. The van der Waals surface area contributed by atoms with E-state index in [9.17, 15) is 45.3 Å². The van der Waals surface area contributed by atoms with E-state index in [1.807, 2.05) is 0 Å². The largest absolute Gasteiger partial charge is 0.462 e. The van der Waals surface area contributed by atoms with E-state index in [1.54, 1.807) is 0 Å². The monoisotopic (exact) mass is 1000 g/mol. The summed E-state index contributed by atoms with van der Waals surface area (Å²) < 4.78 is 33.6. The first kappa shape index (κ1) is 64.1. The summed E-state index contributed by atoms with van der Waals surface area (Å²) in [4.78, 5) is 25.8. The molecule has 4 unspecified atom stereocenters. The van der Waals surface area contributed by atoms with Crippen molar-refractivity contribution >= 4 is 11.9 Å². The minimum absolute atomic E-state index is 0.167. The highest BCUT2D eigenvalue weighted by Crippen LogP contribution is 2.27. The minimum Gasteiger partial charge on any atom is -0.462 e. The van der Waals surface area contributed by atoms with Gasteiger partial charge in [-0.15, -0.1) is 0 Å². The van der Waals surface area contributed by atoms with Gasteiger partial charge in [-0.25, -0.2) is 0 Å². The van der Waals surface area contributed by atoms with Crippen LogP contribution < -0.4 is 0 Å². The molecule has 0 spiro atoms. The molecule has 2 aliphatic rings. The van der Waals surface area contributed by atoms with Crippen LogP contribution in [0.2, 0.25) is 0 Å². The van der Waals surface area contributed by atoms with Gasteiger partial charge in [0.25, 0.3) is 0 Å². The van der Waals surface area contributed by atoms with Gasteiger partial charge in [-0.2, -0.15) is 0 Å². The van der Waals surface area contributed by atoms with E-state index < -0.39 is 92.7 Å². The first-order valence-electron chi connectivity index (χ1n) is 27.9. The van der Waals surface area contributed by atoms with Gasteiger partial charge in [0.1, 0.15) is 55.4 Å². The van der Waals surface area contributed by atoms with Crippen molar-refractivity contribution < 1.29 is 73.8 Å². The summed E-state index contributed by atoms with van der Waals surface area (Å²) in [5, 5.41) is 72.2. The molecule has 0 saturated carbocycles. The van der Waals surface area contributed by atoms with Crippen LogP contribution in [0.25, 0.3) is 0 Å². The predicted octanol–water partition coefficient (Wildman–Crippen LogP) is 8.72. The van der Waals surface area contributed by atoms with Crippen molar-refractivity contribution in [3.05, 3.63) is 24.3 Å². The van der Waals surface area contributed by atoms with Crippen LogP contribution in [0.3, 0.4) is 0 Å². The smallest absolute Gasteiger partial charge is 0.306 e. The molecule has 15 heteroatoms. The minimum atomic E-state index is -1.76. The van der Waals surface area contributed by atoms with Crippen LogP contribution in [-0.4, -0.2) is 142 Å². The van der Waals surface area contributed by atoms with Crippen LogP contribution in [0.15, 0.2) is 24.3 Å². The van der Waals surface area contributed by atoms with Crippen LogP contribution in [0.4, 0.5) is 0 Å². The lowest BCUT2D eigenvalue weighted by molar-refractivity contribution is -0.332. The van der Waals surface area contributed by atoms with Gasteiger partial charge >= 0.3 is 11.9 Å². The standard InChI is InChI=1S/C55H100O15/c1-3-5-7-9-11-13-15-17-19-20-21-22-24-26-28-30-32-34-36-38-47(58)68-43(40-65-46(57)37-35-33-31-29-27-25-23-18-16-14-12-10-8-6-4-2)41-66-54-53(64)51(62)49(60)45(70-54)42-67-55-52(63)50(61)48(59)44(39-56)69-55/h12,14,18,23,43-45,48-56,59-64H,3-11,13,15-17,19-22,24-42H2,1-2H3/b14-12+,23-18+/t43-,44+,45+,48-,49-,50?,51?,52?,53?,54+,55+/m1/s1. The van der Waals surface area contributed by atoms with Gasteiger partial charge in [0.15, 0.2) is 18.7 Å². The number of allylic oxidation sites excluding steroid dienone is 4. The summed E-state index contributed by atoms with van der Waals surface area (Å²) in [5.41, 5.74) is 0. The van der Waals surface area contributed by atoms with Gasteiger partial charge in [0.05, 0.1) is 19.8 Å². The van der Waals surface area contributed by atoms with E-state index in [4.69, 9.17) is 28.4 Å². The fraction of sp³-hybridized carbons (Fsp3) is 0.891. The second-order valence-electron chi connectivity index (χ2n) is 19.8. The van der Waals surface area contributed by atoms with E-state index >= 15 is 0 Å². The predicted molar refractivity (Wildman–Crippen MR) is 271 cm³/mol. The van der Waals surface area contributed by atoms with Gasteiger partial charge < -0.3 is 64.2 Å². The molecule has 0 aromatic rings. The summed E-state index contributed by atoms with van der Waals surface area (Å²) in [5.74, 6) is -0.930. The Morgan fingerprint density at radius 3 is 1.36 bits per heavy atom. The van der Waals surface area contributed by atoms with Gasteiger partial charge in [-0.3, -0.25) is 9.59 Å². The van der Waals surface area contributed by atoms with Crippen molar-refractivity contribution in [1.29, 1.82) is 0 Å². The Balaban J connectivity index is 1.77. The van der Waals surface area contributed by atoms with Crippen LogP contribution in [-0.2, 0) is 38.0 Å². The molecule has 0 bridgehead atoms. The van der Waals surface area contributed by atoms with Crippen molar-refractivity contribution in [2.75, 3.05) is 26.4 Å². The van der Waals surface area contributed by atoms with E-state index in [0.29, 0.717) is 12.8 Å². The molecule has 2 rings (SSSR count). The second-order valence-corrected chi connectivity index (χ2v) is 19.8. The number of aliphatic hydroxyl groups excluding tert-OH is 7. The second kappa shape index (κ2) is 42.3. The van der Waals surface area contributed by atoms with Crippen LogP contribution in [0, 0.1) is 0 Å². The number of hydrogen-bond donors (Lipinski definition) is 7. The lowest BCUT2D eigenvalue weighted by Crippen LogP contribution is -2.61. The first-order chi connectivity index (χ1) is 34.0.